The van der Waals surface area contributed by atoms with Crippen molar-refractivity contribution < 1.29 is 13.2 Å². The van der Waals surface area contributed by atoms with Gasteiger partial charge in [0, 0.05) is 25.7 Å². The summed E-state index contributed by atoms with van der Waals surface area (Å²) in [7, 11) is 0. The highest BCUT2D eigenvalue weighted by atomic mass is 19.4. The minimum absolute atomic E-state index is 0.309. The molecule has 1 fully saturated rings. The first-order chi connectivity index (χ1) is 9.93. The molecule has 1 aliphatic heterocycles. The van der Waals surface area contributed by atoms with Crippen molar-refractivity contribution in [3.8, 4) is 0 Å². The molecular formula is C13H20F3N5. The summed E-state index contributed by atoms with van der Waals surface area (Å²) in [5, 5.41) is 7.01. The average Bonchev–Trinajstić information content (AvgIpc) is 2.84. The van der Waals surface area contributed by atoms with E-state index in [4.69, 9.17) is 5.73 Å². The molecule has 5 nitrogen and oxygen atoms in total. The largest absolute Gasteiger partial charge is 0.451 e. The Balaban J connectivity index is 1.62. The lowest BCUT2D eigenvalue weighted by Crippen LogP contribution is -2.39. The van der Waals surface area contributed by atoms with E-state index in [-0.39, 0.29) is 0 Å². The number of fused-ring (bicyclic) bond motifs is 1. The molecule has 0 saturated heterocycles. The Morgan fingerprint density at radius 2 is 1.81 bits per heavy atom. The summed E-state index contributed by atoms with van der Waals surface area (Å²) in [4.78, 5) is 2.19. The lowest BCUT2D eigenvalue weighted by Gasteiger charge is -2.33. The Hall–Kier alpha value is -1.15. The second-order valence-electron chi connectivity index (χ2n) is 6.11. The molecule has 0 radical (unpaired) electrons. The SMILES string of the molecule is NC1CCC(CN2CCn3c(nnc3C(F)(F)F)C2)CC1. The maximum atomic E-state index is 12.8. The van der Waals surface area contributed by atoms with Gasteiger partial charge in [0.2, 0.25) is 5.82 Å². The molecule has 1 aromatic heterocycles. The zero-order chi connectivity index (χ0) is 15.0. The molecule has 2 heterocycles. The molecule has 1 aliphatic carbocycles. The Labute approximate surface area is 121 Å². The predicted octanol–water partition coefficient (Wildman–Crippen LogP) is 1.63. The Bertz CT molecular complexity index is 490. The number of hydrogen-bond donors (Lipinski definition) is 1. The molecule has 1 aromatic rings. The lowest BCUT2D eigenvalue weighted by atomic mass is 9.86. The Morgan fingerprint density at radius 3 is 2.48 bits per heavy atom. The van der Waals surface area contributed by atoms with E-state index in [9.17, 15) is 13.2 Å². The fourth-order valence-electron chi connectivity index (χ4n) is 3.31. The highest BCUT2D eigenvalue weighted by Crippen LogP contribution is 2.30. The summed E-state index contributed by atoms with van der Waals surface area (Å²) in [6, 6.07) is 0.319. The van der Waals surface area contributed by atoms with Crippen LogP contribution >= 0.6 is 0 Å². The number of alkyl halides is 3. The van der Waals surface area contributed by atoms with E-state index < -0.39 is 12.0 Å². The van der Waals surface area contributed by atoms with Gasteiger partial charge in [-0.15, -0.1) is 10.2 Å². The third-order valence-corrected chi connectivity index (χ3v) is 4.49. The molecule has 1 saturated carbocycles. The van der Waals surface area contributed by atoms with Gasteiger partial charge in [0.1, 0.15) is 5.82 Å². The number of aromatic nitrogens is 3. The number of nitrogens with zero attached hydrogens (tertiary/aromatic N) is 4. The molecule has 3 rings (SSSR count). The third-order valence-electron chi connectivity index (χ3n) is 4.49. The Kier molecular flexibility index (Phi) is 3.92. The summed E-state index contributed by atoms with van der Waals surface area (Å²) in [5.41, 5.74) is 5.90. The molecule has 0 bridgehead atoms. The fourth-order valence-corrected chi connectivity index (χ4v) is 3.31. The van der Waals surface area contributed by atoms with Crippen LogP contribution in [-0.2, 0) is 19.3 Å². The van der Waals surface area contributed by atoms with Gasteiger partial charge in [0.25, 0.3) is 0 Å². The normalized spacial score (nSPS) is 27.6. The van der Waals surface area contributed by atoms with Gasteiger partial charge >= 0.3 is 6.18 Å². The molecule has 0 amide bonds. The summed E-state index contributed by atoms with van der Waals surface area (Å²) in [5.74, 6) is 0.142. The van der Waals surface area contributed by atoms with Crippen molar-refractivity contribution in [2.24, 2.45) is 11.7 Å². The average molecular weight is 303 g/mol. The van der Waals surface area contributed by atoms with Crippen molar-refractivity contribution in [3.63, 3.8) is 0 Å². The summed E-state index contributed by atoms with van der Waals surface area (Å²) in [6.07, 6.45) is -0.108. The minimum atomic E-state index is -4.42. The van der Waals surface area contributed by atoms with Crippen molar-refractivity contribution in [1.82, 2.24) is 19.7 Å². The third kappa shape index (κ3) is 3.21. The van der Waals surface area contributed by atoms with Gasteiger partial charge in [0.05, 0.1) is 6.54 Å². The maximum Gasteiger partial charge on any atom is 0.451 e. The Morgan fingerprint density at radius 1 is 1.10 bits per heavy atom. The predicted molar refractivity (Wildman–Crippen MR) is 70.2 cm³/mol. The molecular weight excluding hydrogens is 283 g/mol. The van der Waals surface area contributed by atoms with Crippen LogP contribution in [0.15, 0.2) is 0 Å². The zero-order valence-electron chi connectivity index (χ0n) is 11.8. The van der Waals surface area contributed by atoms with E-state index in [1.165, 1.54) is 4.57 Å². The van der Waals surface area contributed by atoms with Crippen molar-refractivity contribution in [2.45, 2.75) is 51.0 Å². The smallest absolute Gasteiger partial charge is 0.328 e. The fraction of sp³-hybridized carbons (Fsp3) is 0.846. The van der Waals surface area contributed by atoms with E-state index in [2.05, 4.69) is 15.1 Å². The molecule has 0 aromatic carbocycles. The summed E-state index contributed by atoms with van der Waals surface area (Å²) < 4.78 is 39.5. The summed E-state index contributed by atoms with van der Waals surface area (Å²) >= 11 is 0. The van der Waals surface area contributed by atoms with Crippen LogP contribution < -0.4 is 5.73 Å². The molecule has 2 N–H and O–H groups in total. The molecule has 0 spiro atoms. The second-order valence-corrected chi connectivity index (χ2v) is 6.11. The van der Waals surface area contributed by atoms with Gasteiger partial charge in [-0.1, -0.05) is 0 Å². The van der Waals surface area contributed by atoms with Gasteiger partial charge in [0.15, 0.2) is 0 Å². The highest BCUT2D eigenvalue weighted by Gasteiger charge is 2.39. The van der Waals surface area contributed by atoms with Crippen LogP contribution in [0.1, 0.15) is 37.3 Å². The maximum absolute atomic E-state index is 12.8. The standard InChI is InChI=1S/C13H20F3N5/c14-13(15,16)12-19-18-11-8-20(5-6-21(11)12)7-9-1-3-10(17)4-2-9/h9-10H,1-8,17H2. The van der Waals surface area contributed by atoms with Crippen LogP contribution in [0, 0.1) is 5.92 Å². The van der Waals surface area contributed by atoms with Crippen LogP contribution in [0.2, 0.25) is 0 Å². The molecule has 0 atom stereocenters. The van der Waals surface area contributed by atoms with Crippen LogP contribution in [0.4, 0.5) is 13.2 Å². The minimum Gasteiger partial charge on any atom is -0.328 e. The van der Waals surface area contributed by atoms with Crippen molar-refractivity contribution in [1.29, 1.82) is 0 Å². The van der Waals surface area contributed by atoms with Crippen molar-refractivity contribution in [3.05, 3.63) is 11.6 Å². The van der Waals surface area contributed by atoms with Crippen LogP contribution in [-0.4, -0.2) is 38.8 Å². The van der Waals surface area contributed by atoms with Gasteiger partial charge in [-0.05, 0) is 31.6 Å². The molecule has 0 unspecified atom stereocenters. The first-order valence-corrected chi connectivity index (χ1v) is 7.40. The first kappa shape index (κ1) is 14.8. The van der Waals surface area contributed by atoms with Crippen molar-refractivity contribution in [2.75, 3.05) is 13.1 Å². The van der Waals surface area contributed by atoms with Gasteiger partial charge < -0.3 is 10.3 Å². The van der Waals surface area contributed by atoms with E-state index in [1.807, 2.05) is 0 Å². The van der Waals surface area contributed by atoms with E-state index in [0.717, 1.165) is 32.2 Å². The number of nitrogens with two attached hydrogens (primary N) is 1. The van der Waals surface area contributed by atoms with E-state index in [1.54, 1.807) is 0 Å². The topological polar surface area (TPSA) is 60.0 Å². The molecule has 8 heteroatoms. The zero-order valence-corrected chi connectivity index (χ0v) is 11.8. The number of hydrogen-bond acceptors (Lipinski definition) is 4. The van der Waals surface area contributed by atoms with Crippen LogP contribution in [0.25, 0.3) is 0 Å². The monoisotopic (exact) mass is 303 g/mol. The van der Waals surface area contributed by atoms with Gasteiger partial charge in [-0.2, -0.15) is 13.2 Å². The van der Waals surface area contributed by atoms with Crippen LogP contribution in [0.3, 0.4) is 0 Å². The number of rotatable bonds is 2. The van der Waals surface area contributed by atoms with E-state index >= 15 is 0 Å². The lowest BCUT2D eigenvalue weighted by molar-refractivity contribution is -0.148. The van der Waals surface area contributed by atoms with Crippen LogP contribution in [0.5, 0.6) is 0 Å². The first-order valence-electron chi connectivity index (χ1n) is 7.40. The quantitative estimate of drug-likeness (QED) is 0.902. The molecule has 2 aliphatic rings. The summed E-state index contributed by atoms with van der Waals surface area (Å²) in [6.45, 7) is 2.30. The molecule has 21 heavy (non-hydrogen) atoms. The van der Waals surface area contributed by atoms with Gasteiger partial charge in [-0.25, -0.2) is 0 Å². The molecule has 118 valence electrons. The number of halogens is 3. The highest BCUT2D eigenvalue weighted by molar-refractivity contribution is 5.02. The second kappa shape index (κ2) is 5.57. The van der Waals surface area contributed by atoms with E-state index in [0.29, 0.717) is 37.4 Å². The van der Waals surface area contributed by atoms with Gasteiger partial charge in [-0.3, -0.25) is 4.90 Å². The van der Waals surface area contributed by atoms with Crippen molar-refractivity contribution >= 4 is 0 Å².